The standard InChI is InChI=1S/C26H23N3/c1-29(2)23-15-14-22-25(17-9-4-6-12-20(17)28-22)26(23)18-10-7-13-21-24(18)16-8-3-5-11-19(16)27-21/h3-15,23,26-28H,1-2H3. The van der Waals surface area contributed by atoms with E-state index in [1.807, 2.05) is 0 Å². The van der Waals surface area contributed by atoms with Gasteiger partial charge >= 0.3 is 0 Å². The minimum absolute atomic E-state index is 0.254. The summed E-state index contributed by atoms with van der Waals surface area (Å²) < 4.78 is 0. The summed E-state index contributed by atoms with van der Waals surface area (Å²) in [4.78, 5) is 9.59. The molecule has 1 aliphatic rings. The third-order valence-corrected chi connectivity index (χ3v) is 6.38. The average molecular weight is 377 g/mol. The summed E-state index contributed by atoms with van der Waals surface area (Å²) in [6.45, 7) is 0. The number of para-hydroxylation sites is 2. The SMILES string of the molecule is CN(C)C1C=Cc2[nH]c3ccccc3c2C1c1cccc2[nH]c3ccccc3c12. The van der Waals surface area contributed by atoms with Gasteiger partial charge in [-0.15, -0.1) is 0 Å². The van der Waals surface area contributed by atoms with Gasteiger partial charge in [-0.25, -0.2) is 0 Å². The van der Waals surface area contributed by atoms with Crippen LogP contribution in [0.2, 0.25) is 0 Å². The number of likely N-dealkylation sites (N-methyl/N-ethyl adjacent to an activating group) is 1. The van der Waals surface area contributed by atoms with Gasteiger partial charge in [0.05, 0.1) is 0 Å². The third kappa shape index (κ3) is 2.34. The highest BCUT2D eigenvalue weighted by atomic mass is 15.1. The lowest BCUT2D eigenvalue weighted by atomic mass is 9.78. The van der Waals surface area contributed by atoms with Gasteiger partial charge in [0.15, 0.2) is 0 Å². The van der Waals surface area contributed by atoms with Gasteiger partial charge in [-0.3, -0.25) is 0 Å². The van der Waals surface area contributed by atoms with Gasteiger partial charge in [0.2, 0.25) is 0 Å². The highest BCUT2D eigenvalue weighted by Gasteiger charge is 2.33. The predicted octanol–water partition coefficient (Wildman–Crippen LogP) is 5.89. The molecule has 3 nitrogen and oxygen atoms in total. The number of nitrogens with zero attached hydrogens (tertiary/aromatic N) is 1. The summed E-state index contributed by atoms with van der Waals surface area (Å²) in [5, 5.41) is 3.96. The van der Waals surface area contributed by atoms with Crippen LogP contribution in [0.25, 0.3) is 38.8 Å². The van der Waals surface area contributed by atoms with Crippen LogP contribution in [0.3, 0.4) is 0 Å². The van der Waals surface area contributed by atoms with Crippen LogP contribution >= 0.6 is 0 Å². The zero-order chi connectivity index (χ0) is 19.5. The van der Waals surface area contributed by atoms with E-state index in [0.29, 0.717) is 6.04 Å². The van der Waals surface area contributed by atoms with E-state index in [-0.39, 0.29) is 5.92 Å². The lowest BCUT2D eigenvalue weighted by molar-refractivity contribution is 0.319. The zero-order valence-electron chi connectivity index (χ0n) is 16.6. The van der Waals surface area contributed by atoms with Crippen LogP contribution in [-0.4, -0.2) is 35.0 Å². The molecular formula is C26H23N3. The summed E-state index contributed by atoms with van der Waals surface area (Å²) in [7, 11) is 4.36. The van der Waals surface area contributed by atoms with Crippen LogP contribution in [0, 0.1) is 0 Å². The number of nitrogens with one attached hydrogen (secondary N) is 2. The van der Waals surface area contributed by atoms with Gasteiger partial charge in [-0.1, -0.05) is 54.6 Å². The highest BCUT2D eigenvalue weighted by Crippen LogP contribution is 2.44. The van der Waals surface area contributed by atoms with Gasteiger partial charge in [-0.2, -0.15) is 0 Å². The number of hydrogen-bond acceptors (Lipinski definition) is 1. The Morgan fingerprint density at radius 3 is 2.21 bits per heavy atom. The van der Waals surface area contributed by atoms with Crippen molar-refractivity contribution in [3.8, 4) is 0 Å². The minimum atomic E-state index is 0.254. The summed E-state index contributed by atoms with van der Waals surface area (Å²) in [5.41, 5.74) is 7.62. The fraction of sp³-hybridized carbons (Fsp3) is 0.154. The molecule has 2 unspecified atom stereocenters. The molecule has 0 radical (unpaired) electrons. The predicted molar refractivity (Wildman–Crippen MR) is 122 cm³/mol. The number of benzene rings is 3. The van der Waals surface area contributed by atoms with Crippen molar-refractivity contribution in [2.75, 3.05) is 14.1 Å². The van der Waals surface area contributed by atoms with E-state index < -0.39 is 0 Å². The maximum atomic E-state index is 3.64. The summed E-state index contributed by atoms with van der Waals surface area (Å²) in [6, 6.07) is 24.3. The molecule has 5 aromatic rings. The minimum Gasteiger partial charge on any atom is -0.355 e. The van der Waals surface area contributed by atoms with Crippen molar-refractivity contribution in [2.24, 2.45) is 0 Å². The van der Waals surface area contributed by atoms with Gasteiger partial charge < -0.3 is 14.9 Å². The molecule has 3 heteroatoms. The number of H-pyrrole nitrogens is 2. The molecule has 0 amide bonds. The molecule has 6 rings (SSSR count). The first-order valence-electron chi connectivity index (χ1n) is 10.2. The first kappa shape index (κ1) is 16.6. The number of aromatic nitrogens is 2. The quantitative estimate of drug-likeness (QED) is 0.395. The van der Waals surface area contributed by atoms with E-state index in [2.05, 4.69) is 108 Å². The molecule has 0 fully saturated rings. The smallest absolute Gasteiger partial charge is 0.0467 e. The normalized spacial score (nSPS) is 18.9. The Bertz CT molecular complexity index is 1400. The van der Waals surface area contributed by atoms with E-state index in [1.54, 1.807) is 0 Å². The van der Waals surface area contributed by atoms with Gasteiger partial charge in [0, 0.05) is 50.4 Å². The second kappa shape index (κ2) is 6.10. The first-order chi connectivity index (χ1) is 14.2. The molecule has 0 saturated carbocycles. The first-order valence-corrected chi connectivity index (χ1v) is 10.2. The zero-order valence-corrected chi connectivity index (χ0v) is 16.6. The lowest BCUT2D eigenvalue weighted by Gasteiger charge is -2.34. The van der Waals surface area contributed by atoms with E-state index in [1.165, 1.54) is 49.5 Å². The second-order valence-corrected chi connectivity index (χ2v) is 8.23. The summed E-state index contributed by atoms with van der Waals surface area (Å²) in [5.74, 6) is 0.254. The van der Waals surface area contributed by atoms with Crippen molar-refractivity contribution in [3.05, 3.63) is 89.6 Å². The van der Waals surface area contributed by atoms with Crippen molar-refractivity contribution in [1.82, 2.24) is 14.9 Å². The van der Waals surface area contributed by atoms with Crippen LogP contribution in [0.4, 0.5) is 0 Å². The molecule has 0 bridgehead atoms. The fourth-order valence-corrected chi connectivity index (χ4v) is 5.13. The van der Waals surface area contributed by atoms with E-state index >= 15 is 0 Å². The van der Waals surface area contributed by atoms with Gasteiger partial charge in [0.25, 0.3) is 0 Å². The molecule has 2 atom stereocenters. The Kier molecular flexibility index (Phi) is 3.50. The van der Waals surface area contributed by atoms with E-state index in [9.17, 15) is 0 Å². The average Bonchev–Trinajstić information content (AvgIpc) is 3.31. The monoisotopic (exact) mass is 377 g/mol. The number of aromatic amines is 2. The Hall–Kier alpha value is -3.30. The molecule has 0 saturated heterocycles. The van der Waals surface area contributed by atoms with Crippen molar-refractivity contribution in [3.63, 3.8) is 0 Å². The third-order valence-electron chi connectivity index (χ3n) is 6.38. The maximum absolute atomic E-state index is 3.64. The Labute approximate surface area is 169 Å². The molecule has 2 heterocycles. The van der Waals surface area contributed by atoms with Crippen molar-refractivity contribution >= 4 is 38.8 Å². The van der Waals surface area contributed by atoms with E-state index in [0.717, 1.165) is 0 Å². The molecule has 2 aromatic heterocycles. The van der Waals surface area contributed by atoms with Gasteiger partial charge in [-0.05, 0) is 49.5 Å². The van der Waals surface area contributed by atoms with Crippen LogP contribution < -0.4 is 0 Å². The number of rotatable bonds is 2. The lowest BCUT2D eigenvalue weighted by Crippen LogP contribution is -2.34. The Morgan fingerprint density at radius 2 is 1.41 bits per heavy atom. The second-order valence-electron chi connectivity index (χ2n) is 8.23. The Morgan fingerprint density at radius 1 is 0.724 bits per heavy atom. The van der Waals surface area contributed by atoms with Crippen LogP contribution in [-0.2, 0) is 0 Å². The Balaban J connectivity index is 1.72. The summed E-state index contributed by atoms with van der Waals surface area (Å²) in [6.07, 6.45) is 4.60. The molecule has 0 aliphatic heterocycles. The summed E-state index contributed by atoms with van der Waals surface area (Å²) >= 11 is 0. The highest BCUT2D eigenvalue weighted by molar-refractivity contribution is 6.09. The maximum Gasteiger partial charge on any atom is 0.0467 e. The van der Waals surface area contributed by atoms with Crippen LogP contribution in [0.1, 0.15) is 22.7 Å². The molecule has 0 spiro atoms. The molecule has 29 heavy (non-hydrogen) atoms. The molecule has 2 N–H and O–H groups in total. The topological polar surface area (TPSA) is 34.8 Å². The van der Waals surface area contributed by atoms with E-state index in [4.69, 9.17) is 0 Å². The molecule has 142 valence electrons. The van der Waals surface area contributed by atoms with Gasteiger partial charge in [0.1, 0.15) is 0 Å². The number of hydrogen-bond donors (Lipinski definition) is 2. The fourth-order valence-electron chi connectivity index (χ4n) is 5.13. The molecule has 1 aliphatic carbocycles. The van der Waals surface area contributed by atoms with Crippen molar-refractivity contribution < 1.29 is 0 Å². The number of fused-ring (bicyclic) bond motifs is 6. The van der Waals surface area contributed by atoms with Crippen molar-refractivity contribution in [1.29, 1.82) is 0 Å². The molecule has 3 aromatic carbocycles. The van der Waals surface area contributed by atoms with Crippen LogP contribution in [0.5, 0.6) is 0 Å². The van der Waals surface area contributed by atoms with Crippen molar-refractivity contribution in [2.45, 2.75) is 12.0 Å². The molecular weight excluding hydrogens is 354 g/mol. The van der Waals surface area contributed by atoms with Crippen LogP contribution in [0.15, 0.2) is 72.8 Å². The largest absolute Gasteiger partial charge is 0.355 e.